The van der Waals surface area contributed by atoms with Crippen LogP contribution in [0.4, 0.5) is 0 Å². The van der Waals surface area contributed by atoms with Crippen LogP contribution >= 0.6 is 0 Å². The van der Waals surface area contributed by atoms with Crippen LogP contribution in [-0.4, -0.2) is 12.0 Å². The van der Waals surface area contributed by atoms with Crippen molar-refractivity contribution >= 4 is 0 Å². The van der Waals surface area contributed by atoms with Gasteiger partial charge in [0.25, 0.3) is 0 Å². The summed E-state index contributed by atoms with van der Waals surface area (Å²) in [4.78, 5) is 4.38. The first-order valence-corrected chi connectivity index (χ1v) is 5.52. The Labute approximate surface area is 96.4 Å². The Morgan fingerprint density at radius 1 is 1.06 bits per heavy atom. The van der Waals surface area contributed by atoms with Gasteiger partial charge in [0.1, 0.15) is 0 Å². The normalized spacial score (nSPS) is 12.3. The van der Waals surface area contributed by atoms with E-state index in [0.717, 1.165) is 12.1 Å². The van der Waals surface area contributed by atoms with E-state index in [-0.39, 0.29) is 6.04 Å². The van der Waals surface area contributed by atoms with E-state index in [0.29, 0.717) is 0 Å². The highest BCUT2D eigenvalue weighted by Gasteiger charge is 2.10. The van der Waals surface area contributed by atoms with Crippen molar-refractivity contribution < 1.29 is 0 Å². The number of benzene rings is 1. The van der Waals surface area contributed by atoms with Crippen LogP contribution in [0.1, 0.15) is 17.3 Å². The molecule has 2 heteroatoms. The highest BCUT2D eigenvalue weighted by Crippen LogP contribution is 2.15. The third kappa shape index (κ3) is 2.67. The van der Waals surface area contributed by atoms with E-state index in [1.54, 1.807) is 0 Å². The Bertz CT molecular complexity index is 411. The maximum Gasteiger partial charge on any atom is 0.0576 e. The molecule has 0 spiro atoms. The molecule has 0 fully saturated rings. The van der Waals surface area contributed by atoms with Gasteiger partial charge in [0.2, 0.25) is 0 Å². The van der Waals surface area contributed by atoms with Crippen LogP contribution in [-0.2, 0) is 6.42 Å². The molecule has 0 bridgehead atoms. The van der Waals surface area contributed by atoms with Crippen LogP contribution in [0.3, 0.4) is 0 Å². The third-order valence-electron chi connectivity index (χ3n) is 2.68. The van der Waals surface area contributed by atoms with Gasteiger partial charge in [-0.2, -0.15) is 0 Å². The standard InChI is InChI=1S/C14H16N2/c1-15-14(13-9-5-6-10-16-13)11-12-7-3-2-4-8-12/h2-10,14-15H,11H2,1H3. The third-order valence-corrected chi connectivity index (χ3v) is 2.68. The largest absolute Gasteiger partial charge is 0.311 e. The first-order chi connectivity index (χ1) is 7.90. The molecule has 0 aliphatic rings. The minimum atomic E-state index is 0.281. The monoisotopic (exact) mass is 212 g/mol. The lowest BCUT2D eigenvalue weighted by Crippen LogP contribution is -2.19. The van der Waals surface area contributed by atoms with E-state index < -0.39 is 0 Å². The first kappa shape index (κ1) is 10.8. The fourth-order valence-electron chi connectivity index (χ4n) is 1.79. The maximum absolute atomic E-state index is 4.38. The van der Waals surface area contributed by atoms with Crippen LogP contribution in [0.25, 0.3) is 0 Å². The van der Waals surface area contributed by atoms with Gasteiger partial charge >= 0.3 is 0 Å². The van der Waals surface area contributed by atoms with Crippen molar-refractivity contribution in [3.05, 3.63) is 66.0 Å². The number of pyridine rings is 1. The molecule has 1 aromatic carbocycles. The summed E-state index contributed by atoms with van der Waals surface area (Å²) in [6, 6.07) is 16.8. The van der Waals surface area contributed by atoms with Gasteiger partial charge in [0.05, 0.1) is 11.7 Å². The zero-order chi connectivity index (χ0) is 11.2. The van der Waals surface area contributed by atoms with Crippen LogP contribution in [0.15, 0.2) is 54.7 Å². The number of rotatable bonds is 4. The Hall–Kier alpha value is -1.67. The quantitative estimate of drug-likeness (QED) is 0.842. The fraction of sp³-hybridized carbons (Fsp3) is 0.214. The Morgan fingerprint density at radius 3 is 2.44 bits per heavy atom. The van der Waals surface area contributed by atoms with Gasteiger partial charge in [-0.15, -0.1) is 0 Å². The zero-order valence-electron chi connectivity index (χ0n) is 9.43. The molecule has 1 unspecified atom stereocenters. The summed E-state index contributed by atoms with van der Waals surface area (Å²) in [6.45, 7) is 0. The molecule has 1 aromatic heterocycles. The summed E-state index contributed by atoms with van der Waals surface area (Å²) >= 11 is 0. The lowest BCUT2D eigenvalue weighted by atomic mass is 10.0. The van der Waals surface area contributed by atoms with E-state index in [1.807, 2.05) is 31.4 Å². The predicted molar refractivity (Wildman–Crippen MR) is 66.2 cm³/mol. The number of aromatic nitrogens is 1. The van der Waals surface area contributed by atoms with E-state index in [9.17, 15) is 0 Å². The van der Waals surface area contributed by atoms with Crippen LogP contribution in [0, 0.1) is 0 Å². The van der Waals surface area contributed by atoms with Crippen LogP contribution < -0.4 is 5.32 Å². The SMILES string of the molecule is CNC(Cc1ccccc1)c1ccccn1. The highest BCUT2D eigenvalue weighted by atomic mass is 14.9. The van der Waals surface area contributed by atoms with E-state index in [1.165, 1.54) is 5.56 Å². The number of hydrogen-bond acceptors (Lipinski definition) is 2. The molecule has 1 atom stereocenters. The van der Waals surface area contributed by atoms with E-state index >= 15 is 0 Å². The fourth-order valence-corrected chi connectivity index (χ4v) is 1.79. The number of nitrogens with one attached hydrogen (secondary N) is 1. The summed E-state index contributed by atoms with van der Waals surface area (Å²) in [5.74, 6) is 0. The predicted octanol–water partition coefficient (Wildman–Crippen LogP) is 2.58. The molecular formula is C14H16N2. The van der Waals surface area contributed by atoms with Crippen LogP contribution in [0.2, 0.25) is 0 Å². The molecule has 1 heterocycles. The molecule has 0 aliphatic carbocycles. The van der Waals surface area contributed by atoms with E-state index in [2.05, 4.69) is 40.6 Å². The Balaban J connectivity index is 2.13. The lowest BCUT2D eigenvalue weighted by Gasteiger charge is -2.15. The van der Waals surface area contributed by atoms with Gasteiger partial charge in [-0.25, -0.2) is 0 Å². The lowest BCUT2D eigenvalue weighted by molar-refractivity contribution is 0.576. The molecule has 0 aliphatic heterocycles. The molecule has 1 N–H and O–H groups in total. The summed E-state index contributed by atoms with van der Waals surface area (Å²) < 4.78 is 0. The second-order valence-corrected chi connectivity index (χ2v) is 3.79. The van der Waals surface area contributed by atoms with Crippen molar-refractivity contribution in [1.82, 2.24) is 10.3 Å². The minimum Gasteiger partial charge on any atom is -0.311 e. The first-order valence-electron chi connectivity index (χ1n) is 5.52. The van der Waals surface area contributed by atoms with Crippen molar-refractivity contribution in [2.24, 2.45) is 0 Å². The zero-order valence-corrected chi connectivity index (χ0v) is 9.43. The van der Waals surface area contributed by atoms with Gasteiger partial charge in [-0.05, 0) is 31.2 Å². The van der Waals surface area contributed by atoms with Gasteiger partial charge in [0, 0.05) is 6.20 Å². The summed E-state index contributed by atoms with van der Waals surface area (Å²) in [5, 5.41) is 3.30. The number of hydrogen-bond donors (Lipinski definition) is 1. The van der Waals surface area contributed by atoms with Gasteiger partial charge in [-0.3, -0.25) is 4.98 Å². The summed E-state index contributed by atoms with van der Waals surface area (Å²) in [7, 11) is 1.97. The molecule has 2 rings (SSSR count). The number of nitrogens with zero attached hydrogens (tertiary/aromatic N) is 1. The van der Waals surface area contributed by atoms with Crippen LogP contribution in [0.5, 0.6) is 0 Å². The Morgan fingerprint density at radius 2 is 1.81 bits per heavy atom. The summed E-state index contributed by atoms with van der Waals surface area (Å²) in [6.07, 6.45) is 2.80. The average molecular weight is 212 g/mol. The molecule has 2 nitrogen and oxygen atoms in total. The van der Waals surface area contributed by atoms with Crippen molar-refractivity contribution in [2.45, 2.75) is 12.5 Å². The van der Waals surface area contributed by atoms with Crippen molar-refractivity contribution in [1.29, 1.82) is 0 Å². The highest BCUT2D eigenvalue weighted by molar-refractivity contribution is 5.19. The van der Waals surface area contributed by atoms with Crippen molar-refractivity contribution in [3.63, 3.8) is 0 Å². The molecule has 0 radical (unpaired) electrons. The topological polar surface area (TPSA) is 24.9 Å². The van der Waals surface area contributed by atoms with Crippen molar-refractivity contribution in [2.75, 3.05) is 7.05 Å². The molecule has 82 valence electrons. The smallest absolute Gasteiger partial charge is 0.0576 e. The van der Waals surface area contributed by atoms with Gasteiger partial charge < -0.3 is 5.32 Å². The molecule has 0 amide bonds. The second kappa shape index (κ2) is 5.42. The maximum atomic E-state index is 4.38. The molecule has 0 saturated carbocycles. The van der Waals surface area contributed by atoms with Gasteiger partial charge in [-0.1, -0.05) is 36.4 Å². The second-order valence-electron chi connectivity index (χ2n) is 3.79. The van der Waals surface area contributed by atoms with Crippen molar-refractivity contribution in [3.8, 4) is 0 Å². The van der Waals surface area contributed by atoms with Gasteiger partial charge in [0.15, 0.2) is 0 Å². The van der Waals surface area contributed by atoms with E-state index in [4.69, 9.17) is 0 Å². The molecular weight excluding hydrogens is 196 g/mol. The minimum absolute atomic E-state index is 0.281. The molecule has 2 aromatic rings. The average Bonchev–Trinajstić information content (AvgIpc) is 2.38. The Kier molecular flexibility index (Phi) is 3.67. The molecule has 16 heavy (non-hydrogen) atoms. The number of likely N-dealkylation sites (N-methyl/N-ethyl adjacent to an activating group) is 1. The molecule has 0 saturated heterocycles. The summed E-state index contributed by atoms with van der Waals surface area (Å²) in [5.41, 5.74) is 2.42.